The van der Waals surface area contributed by atoms with Crippen molar-refractivity contribution in [3.63, 3.8) is 0 Å². The minimum Gasteiger partial charge on any atom is -0.454 e. The van der Waals surface area contributed by atoms with Gasteiger partial charge >= 0.3 is 5.97 Å². The lowest BCUT2D eigenvalue weighted by atomic mass is 9.98. The number of nitrogens with two attached hydrogens (primary N) is 1. The number of nitrogen functional groups attached to an aromatic ring is 1. The Kier molecular flexibility index (Phi) is 10.3. The minimum atomic E-state index is -1.25. The maximum Gasteiger partial charge on any atom is 0.338 e. The van der Waals surface area contributed by atoms with E-state index in [1.165, 1.54) is 15.6 Å². The molecular weight excluding hydrogens is 733 g/mol. The van der Waals surface area contributed by atoms with E-state index in [-0.39, 0.29) is 34.2 Å². The number of fused-ring (bicyclic) bond motifs is 2. The molecule has 8 rings (SSSR count). The summed E-state index contributed by atoms with van der Waals surface area (Å²) in [7, 11) is 0. The summed E-state index contributed by atoms with van der Waals surface area (Å²) in [5, 5.41) is 33.7. The van der Waals surface area contributed by atoms with Gasteiger partial charge in [-0.15, -0.1) is 0 Å². The molecule has 0 radical (unpaired) electrons. The Labute approximate surface area is 311 Å². The zero-order valence-corrected chi connectivity index (χ0v) is 30.0. The first-order chi connectivity index (χ1) is 25.5. The van der Waals surface area contributed by atoms with Crippen LogP contribution in [0.1, 0.15) is 48.6 Å². The van der Waals surface area contributed by atoms with Crippen LogP contribution in [0.4, 0.5) is 5.82 Å². The molecule has 0 bridgehead atoms. The zero-order chi connectivity index (χ0) is 37.6. The molecule has 7 heterocycles. The predicted octanol–water partition coefficient (Wildman–Crippen LogP) is 2.82. The number of aromatic nitrogens is 10. The minimum absolute atomic E-state index is 0.00941. The third-order valence-corrected chi connectivity index (χ3v) is 9.56. The SMILES string of the molecule is CCC1OC(n2cnc3c(Cl)nc(Cl)nc32)C(OC(=O)c2ccccc2)C1C.Cc1cnn(-c2nc(N)c3ncn(C4OC(CO)C(O)C4O)c3n2)c1. The molecule has 5 N–H and O–H groups in total. The number of benzene rings is 1. The van der Waals surface area contributed by atoms with Crippen molar-refractivity contribution in [2.45, 2.75) is 70.2 Å². The first kappa shape index (κ1) is 36.5. The summed E-state index contributed by atoms with van der Waals surface area (Å²) in [5.74, 6) is -0.0314. The van der Waals surface area contributed by atoms with E-state index in [1.807, 2.05) is 26.8 Å². The van der Waals surface area contributed by atoms with E-state index in [0.29, 0.717) is 27.9 Å². The monoisotopic (exact) mass is 767 g/mol. The number of halogens is 2. The molecule has 2 aliphatic rings. The van der Waals surface area contributed by atoms with E-state index in [2.05, 4.69) is 35.0 Å². The summed E-state index contributed by atoms with van der Waals surface area (Å²) in [5.41, 5.74) is 8.89. The quantitative estimate of drug-likeness (QED) is 0.104. The van der Waals surface area contributed by atoms with Gasteiger partial charge in [-0.1, -0.05) is 43.6 Å². The van der Waals surface area contributed by atoms with E-state index >= 15 is 0 Å². The fraction of sp³-hybridized carbons (Fsp3) is 0.394. The van der Waals surface area contributed by atoms with Gasteiger partial charge < -0.3 is 35.3 Å². The molecule has 1 aromatic carbocycles. The summed E-state index contributed by atoms with van der Waals surface area (Å²) in [6.45, 7) is 5.50. The molecule has 6 aromatic rings. The van der Waals surface area contributed by atoms with E-state index < -0.39 is 49.4 Å². The van der Waals surface area contributed by atoms with Crippen molar-refractivity contribution in [1.82, 2.24) is 48.8 Å². The number of hydrogen-bond donors (Lipinski definition) is 4. The molecule has 278 valence electrons. The normalized spacial score (nSPS) is 25.5. The van der Waals surface area contributed by atoms with Gasteiger partial charge in [0.15, 0.2) is 40.8 Å². The molecule has 18 nitrogen and oxygen atoms in total. The standard InChI is InChI=1S/C19H18Cl2N4O3.C14H17N7O4/c1-3-12-10(2)14(28-18(26)11-7-5-4-6-8-11)17(27-12)25-9-22-13-15(20)23-19(21)24-16(13)25;1-6-2-17-21(3-6)14-18-11(15)8-12(19-14)20(5-16-8)13-10(24)9(23)7(4-22)25-13/h4-10,12,14,17H,3H2,1-2H3;2-3,5,7,9-10,13,22-24H,4H2,1H3,(H2,15,18,19). The number of hydrogen-bond acceptors (Lipinski definition) is 15. The Balaban J connectivity index is 0.000000165. The number of aryl methyl sites for hydroxylation is 1. The molecule has 0 amide bonds. The van der Waals surface area contributed by atoms with E-state index in [1.54, 1.807) is 47.6 Å². The van der Waals surface area contributed by atoms with Crippen molar-refractivity contribution >= 4 is 57.3 Å². The maximum absolute atomic E-state index is 12.7. The molecule has 8 unspecified atom stereocenters. The van der Waals surface area contributed by atoms with Gasteiger partial charge in [-0.2, -0.15) is 20.1 Å². The molecule has 0 spiro atoms. The average molecular weight is 769 g/mol. The van der Waals surface area contributed by atoms with E-state index in [4.69, 9.17) is 43.1 Å². The third-order valence-electron chi connectivity index (χ3n) is 9.13. The second-order valence-electron chi connectivity index (χ2n) is 12.6. The summed E-state index contributed by atoms with van der Waals surface area (Å²) in [6.07, 6.45) is 1.60. The molecular formula is C33H35Cl2N11O7. The van der Waals surface area contributed by atoms with Gasteiger partial charge in [-0.05, 0) is 42.6 Å². The number of ether oxygens (including phenoxy) is 3. The Hall–Kier alpha value is -4.82. The second-order valence-corrected chi connectivity index (χ2v) is 13.3. The molecule has 0 aliphatic carbocycles. The Morgan fingerprint density at radius 1 is 0.943 bits per heavy atom. The highest BCUT2D eigenvalue weighted by Crippen LogP contribution is 2.39. The number of aliphatic hydroxyl groups is 3. The molecule has 0 saturated carbocycles. The van der Waals surface area contributed by atoms with Crippen LogP contribution in [0.3, 0.4) is 0 Å². The number of rotatable bonds is 7. The van der Waals surface area contributed by atoms with Gasteiger partial charge in [0.25, 0.3) is 5.95 Å². The zero-order valence-electron chi connectivity index (χ0n) is 28.5. The van der Waals surface area contributed by atoms with E-state index in [9.17, 15) is 20.1 Å². The third kappa shape index (κ3) is 6.90. The van der Waals surface area contributed by atoms with Gasteiger partial charge in [0.2, 0.25) is 5.28 Å². The fourth-order valence-electron chi connectivity index (χ4n) is 6.37. The van der Waals surface area contributed by atoms with Crippen molar-refractivity contribution < 1.29 is 34.3 Å². The highest BCUT2D eigenvalue weighted by atomic mass is 35.5. The van der Waals surface area contributed by atoms with Gasteiger partial charge in [0.05, 0.1) is 37.1 Å². The summed E-state index contributed by atoms with van der Waals surface area (Å²) in [4.78, 5) is 37.8. The lowest BCUT2D eigenvalue weighted by Crippen LogP contribution is -2.33. The average Bonchev–Trinajstić information content (AvgIpc) is 3.98. The largest absolute Gasteiger partial charge is 0.454 e. The molecule has 53 heavy (non-hydrogen) atoms. The molecule has 8 atom stereocenters. The van der Waals surface area contributed by atoms with Gasteiger partial charge in [0.1, 0.15) is 29.3 Å². The number of carbonyl (C=O) groups is 1. The molecule has 20 heteroatoms. The van der Waals surface area contributed by atoms with Crippen molar-refractivity contribution in [3.8, 4) is 5.95 Å². The summed E-state index contributed by atoms with van der Waals surface area (Å²) in [6, 6.07) is 8.87. The van der Waals surface area contributed by atoms with Crippen LogP contribution in [0.2, 0.25) is 10.4 Å². The number of esters is 1. The van der Waals surface area contributed by atoms with Crippen LogP contribution in [-0.2, 0) is 14.2 Å². The lowest BCUT2D eigenvalue weighted by molar-refractivity contribution is -0.0511. The molecule has 5 aromatic heterocycles. The Morgan fingerprint density at radius 2 is 1.62 bits per heavy atom. The van der Waals surface area contributed by atoms with Crippen LogP contribution in [0.25, 0.3) is 28.3 Å². The van der Waals surface area contributed by atoms with Crippen molar-refractivity contribution in [3.05, 3.63) is 76.9 Å². The summed E-state index contributed by atoms with van der Waals surface area (Å²) >= 11 is 12.1. The van der Waals surface area contributed by atoms with Crippen LogP contribution in [-0.4, -0.2) is 107 Å². The van der Waals surface area contributed by atoms with Crippen LogP contribution in [0.5, 0.6) is 0 Å². The molecule has 2 aliphatic heterocycles. The van der Waals surface area contributed by atoms with Gasteiger partial charge in [0, 0.05) is 12.1 Å². The summed E-state index contributed by atoms with van der Waals surface area (Å²) < 4.78 is 22.2. The number of anilines is 1. The second kappa shape index (κ2) is 14.9. The predicted molar refractivity (Wildman–Crippen MR) is 189 cm³/mol. The highest BCUT2D eigenvalue weighted by Gasteiger charge is 2.46. The van der Waals surface area contributed by atoms with Crippen molar-refractivity contribution in [2.75, 3.05) is 12.3 Å². The lowest BCUT2D eigenvalue weighted by Gasteiger charge is -2.22. The number of nitrogens with zero attached hydrogens (tertiary/aromatic N) is 10. The van der Waals surface area contributed by atoms with Crippen LogP contribution in [0, 0.1) is 12.8 Å². The van der Waals surface area contributed by atoms with Gasteiger partial charge in [-0.3, -0.25) is 9.13 Å². The fourth-order valence-corrected chi connectivity index (χ4v) is 6.79. The number of imidazole rings is 2. The first-order valence-corrected chi connectivity index (χ1v) is 17.4. The van der Waals surface area contributed by atoms with Crippen molar-refractivity contribution in [2.24, 2.45) is 5.92 Å². The van der Waals surface area contributed by atoms with Gasteiger partial charge in [-0.25, -0.2) is 24.4 Å². The molecule has 2 saturated heterocycles. The van der Waals surface area contributed by atoms with Crippen LogP contribution in [0.15, 0.2) is 55.4 Å². The van der Waals surface area contributed by atoms with Crippen LogP contribution < -0.4 is 5.73 Å². The van der Waals surface area contributed by atoms with Crippen molar-refractivity contribution in [1.29, 1.82) is 0 Å². The number of carbonyl (C=O) groups excluding carboxylic acids is 1. The molecule has 2 fully saturated rings. The Morgan fingerprint density at radius 3 is 2.28 bits per heavy atom. The Bertz CT molecular complexity index is 2250. The highest BCUT2D eigenvalue weighted by molar-refractivity contribution is 6.35. The number of aliphatic hydroxyl groups excluding tert-OH is 3. The van der Waals surface area contributed by atoms with E-state index in [0.717, 1.165) is 12.0 Å². The first-order valence-electron chi connectivity index (χ1n) is 16.6. The van der Waals surface area contributed by atoms with Crippen LogP contribution >= 0.6 is 23.2 Å². The maximum atomic E-state index is 12.7. The smallest absolute Gasteiger partial charge is 0.338 e. The topological polar surface area (TPSA) is 236 Å².